The molecular weight excluding hydrogens is 722 g/mol. The molecule has 4 fully saturated rings. The van der Waals surface area contributed by atoms with Crippen molar-refractivity contribution in [2.24, 2.45) is 11.3 Å². The van der Waals surface area contributed by atoms with E-state index < -0.39 is 73.6 Å². The van der Waals surface area contributed by atoms with Crippen molar-refractivity contribution in [2.45, 2.75) is 113 Å². The minimum atomic E-state index is -4.08. The number of benzene rings is 1. The van der Waals surface area contributed by atoms with Crippen molar-refractivity contribution in [1.82, 2.24) is 25.2 Å². The average molecular weight is 770 g/mol. The van der Waals surface area contributed by atoms with Crippen LogP contribution in [0.25, 0.3) is 10.9 Å². The van der Waals surface area contributed by atoms with Gasteiger partial charge in [0.05, 0.1) is 16.8 Å². The Hall–Kier alpha value is -4.17. The normalized spacial score (nSPS) is 25.6. The minimum absolute atomic E-state index is 0.0250. The molecule has 3 saturated carbocycles. The van der Waals surface area contributed by atoms with Crippen molar-refractivity contribution in [1.29, 1.82) is 0 Å². The van der Waals surface area contributed by atoms with Gasteiger partial charge in [0.15, 0.2) is 0 Å². The molecule has 0 spiro atoms. The Morgan fingerprint density at radius 3 is 2.45 bits per heavy atom. The molecule has 286 valence electrons. The first-order valence-electron chi connectivity index (χ1n) is 18.1. The maximum absolute atomic E-state index is 14.5. The van der Waals surface area contributed by atoms with Gasteiger partial charge < -0.3 is 25.0 Å². The van der Waals surface area contributed by atoms with Crippen LogP contribution >= 0.6 is 11.6 Å². The number of amides is 4. The van der Waals surface area contributed by atoms with Crippen LogP contribution in [0.2, 0.25) is 5.02 Å². The molecule has 15 heteroatoms. The Balaban J connectivity index is 1.27. The number of alkyl carbamates (subject to hydrolysis) is 1. The molecule has 2 aromatic rings. The third kappa shape index (κ3) is 7.89. The first-order chi connectivity index (χ1) is 25.0. The summed E-state index contributed by atoms with van der Waals surface area (Å²) in [6.45, 7) is 12.8. The van der Waals surface area contributed by atoms with Gasteiger partial charge in [0.1, 0.15) is 35.6 Å². The van der Waals surface area contributed by atoms with Crippen LogP contribution in [-0.2, 0) is 29.1 Å². The number of sulfonamides is 1. The Bertz CT molecular complexity index is 1920. The summed E-state index contributed by atoms with van der Waals surface area (Å²) in [5, 5.41) is 6.76. The molecular formula is C38H48ClN5O8S. The second-order valence-electron chi connectivity index (χ2n) is 15.8. The summed E-state index contributed by atoms with van der Waals surface area (Å²) in [4.78, 5) is 61.5. The number of carbonyl (C=O) groups excluding carboxylic acids is 4. The fourth-order valence-electron chi connectivity index (χ4n) is 7.52. The Morgan fingerprint density at radius 1 is 1.11 bits per heavy atom. The van der Waals surface area contributed by atoms with Crippen LogP contribution in [0.15, 0.2) is 55.8 Å². The molecule has 0 radical (unpaired) electrons. The third-order valence-corrected chi connectivity index (χ3v) is 13.3. The molecule has 3 N–H and O–H groups in total. The molecule has 6 rings (SSSR count). The second-order valence-corrected chi connectivity index (χ2v) is 18.3. The van der Waals surface area contributed by atoms with E-state index in [1.54, 1.807) is 51.2 Å². The molecule has 1 aromatic heterocycles. The van der Waals surface area contributed by atoms with E-state index in [4.69, 9.17) is 21.1 Å². The highest BCUT2D eigenvalue weighted by atomic mass is 35.5. The lowest BCUT2D eigenvalue weighted by Crippen LogP contribution is -2.60. The molecule has 1 aliphatic heterocycles. The van der Waals surface area contributed by atoms with Gasteiger partial charge in [-0.3, -0.25) is 24.1 Å². The number of rotatable bonds is 13. The highest BCUT2D eigenvalue weighted by molar-refractivity contribution is 7.91. The van der Waals surface area contributed by atoms with Crippen molar-refractivity contribution < 1.29 is 37.1 Å². The van der Waals surface area contributed by atoms with Gasteiger partial charge in [0.25, 0.3) is 5.91 Å². The van der Waals surface area contributed by atoms with Gasteiger partial charge in [0, 0.05) is 28.9 Å². The van der Waals surface area contributed by atoms with Gasteiger partial charge in [-0.1, -0.05) is 44.5 Å². The van der Waals surface area contributed by atoms with E-state index in [0.717, 1.165) is 25.7 Å². The lowest BCUT2D eigenvalue weighted by molar-refractivity contribution is -0.143. The Morgan fingerprint density at radius 2 is 1.83 bits per heavy atom. The smallest absolute Gasteiger partial charge is 0.408 e. The predicted octanol–water partition coefficient (Wildman–Crippen LogP) is 4.94. The average Bonchev–Trinajstić information content (AvgIpc) is 3.91. The lowest BCUT2D eigenvalue weighted by atomic mass is 9.85. The van der Waals surface area contributed by atoms with E-state index in [0.29, 0.717) is 34.5 Å². The van der Waals surface area contributed by atoms with E-state index in [1.807, 2.05) is 0 Å². The van der Waals surface area contributed by atoms with Crippen LogP contribution in [0.1, 0.15) is 78.6 Å². The Kier molecular flexibility index (Phi) is 10.6. The molecule has 4 aliphatic rings. The van der Waals surface area contributed by atoms with Crippen LogP contribution in [0.5, 0.6) is 5.75 Å². The maximum Gasteiger partial charge on any atom is 0.408 e. The van der Waals surface area contributed by atoms with Gasteiger partial charge in [0.2, 0.25) is 21.8 Å². The summed E-state index contributed by atoms with van der Waals surface area (Å²) in [6, 6.07) is 4.65. The van der Waals surface area contributed by atoms with Gasteiger partial charge in [-0.15, -0.1) is 13.2 Å². The summed E-state index contributed by atoms with van der Waals surface area (Å²) in [5.74, 6) is -2.13. The number of pyridine rings is 1. The van der Waals surface area contributed by atoms with Crippen LogP contribution in [0, 0.1) is 11.3 Å². The second kappa shape index (κ2) is 14.6. The van der Waals surface area contributed by atoms with Crippen molar-refractivity contribution >= 4 is 56.3 Å². The monoisotopic (exact) mass is 769 g/mol. The number of fused-ring (bicyclic) bond motifs is 1. The number of halogens is 1. The number of carbonyl (C=O) groups is 4. The van der Waals surface area contributed by atoms with Crippen LogP contribution < -0.4 is 20.1 Å². The lowest BCUT2D eigenvalue weighted by Gasteiger charge is -2.35. The third-order valence-electron chi connectivity index (χ3n) is 10.9. The first kappa shape index (κ1) is 38.6. The summed E-state index contributed by atoms with van der Waals surface area (Å²) in [5.41, 5.74) is -1.78. The van der Waals surface area contributed by atoms with Gasteiger partial charge in [-0.25, -0.2) is 13.2 Å². The molecule has 4 amide bonds. The highest BCUT2D eigenvalue weighted by Gasteiger charge is 2.63. The molecule has 53 heavy (non-hydrogen) atoms. The number of likely N-dealkylation sites (tertiary alicyclic amines) is 1. The van der Waals surface area contributed by atoms with Crippen molar-refractivity contribution in [3.63, 3.8) is 0 Å². The predicted molar refractivity (Wildman–Crippen MR) is 199 cm³/mol. The SMILES string of the molecule is C=CCC1(S(=O)(=O)NC(=O)[C@@]2(NC(=O)[C@@H]3C[C@@H](Oc4ccnc5cc(Cl)ccc45)CN3C(=O)[C@@H](NC(=O)OC3CCCC3)C(C)(C)C)C[C@H]2C=C)CC1. The number of allylic oxidation sites excluding steroid dienone is 1. The zero-order chi connectivity index (χ0) is 38.3. The van der Waals surface area contributed by atoms with Crippen LogP contribution in [0.4, 0.5) is 4.79 Å². The quantitative estimate of drug-likeness (QED) is 0.239. The molecule has 0 bridgehead atoms. The molecule has 13 nitrogen and oxygen atoms in total. The van der Waals surface area contributed by atoms with E-state index in [1.165, 1.54) is 17.1 Å². The van der Waals surface area contributed by atoms with Crippen molar-refractivity contribution in [3.05, 3.63) is 60.8 Å². The Labute approximate surface area is 315 Å². The van der Waals surface area contributed by atoms with Crippen molar-refractivity contribution in [2.75, 3.05) is 6.54 Å². The van der Waals surface area contributed by atoms with Crippen LogP contribution in [0.3, 0.4) is 0 Å². The standard InChI is InChI=1S/C38H48ClN5O8S/c1-6-15-37(16-17-37)53(49,50)43-34(47)38(21-23(38)7-2)42-32(45)29-20-26(51-30-14-18-40-28-19-24(39)12-13-27(28)30)22-44(29)33(46)31(36(3,4)5)41-35(48)52-25-10-8-9-11-25/h6-7,12-14,18-19,23,25-26,29,31H,1-2,8-11,15-17,20-22H2,3-5H3,(H,41,48)(H,42,45)(H,43,47)/t23-,26-,29+,31-,38-/m1/s1. The topological polar surface area (TPSA) is 173 Å². The van der Waals surface area contributed by atoms with Crippen molar-refractivity contribution in [3.8, 4) is 5.75 Å². The highest BCUT2D eigenvalue weighted by Crippen LogP contribution is 2.49. The fourth-order valence-corrected chi connectivity index (χ4v) is 9.31. The summed E-state index contributed by atoms with van der Waals surface area (Å²) in [7, 11) is -4.08. The van der Waals surface area contributed by atoms with Gasteiger partial charge >= 0.3 is 6.09 Å². The number of aromatic nitrogens is 1. The number of nitrogens with zero attached hydrogens (tertiary/aromatic N) is 2. The fraction of sp³-hybridized carbons (Fsp3) is 0.553. The van der Waals surface area contributed by atoms with Gasteiger partial charge in [-0.2, -0.15) is 0 Å². The molecule has 3 aliphatic carbocycles. The number of hydrogen-bond acceptors (Lipinski definition) is 9. The number of ether oxygens (including phenoxy) is 2. The summed E-state index contributed by atoms with van der Waals surface area (Å²) >= 11 is 6.19. The molecule has 2 heterocycles. The van der Waals surface area contributed by atoms with E-state index in [9.17, 15) is 27.6 Å². The number of hydrogen-bond donors (Lipinski definition) is 3. The summed E-state index contributed by atoms with van der Waals surface area (Å²) in [6.07, 6.45) is 7.53. The van der Waals surface area contributed by atoms with E-state index in [2.05, 4.69) is 33.5 Å². The largest absolute Gasteiger partial charge is 0.488 e. The molecule has 5 atom stereocenters. The minimum Gasteiger partial charge on any atom is -0.488 e. The van der Waals surface area contributed by atoms with E-state index in [-0.39, 0.29) is 31.9 Å². The molecule has 0 unspecified atom stereocenters. The zero-order valence-corrected chi connectivity index (χ0v) is 31.9. The van der Waals surface area contributed by atoms with E-state index >= 15 is 0 Å². The summed E-state index contributed by atoms with van der Waals surface area (Å²) < 4.78 is 39.8. The molecule has 1 saturated heterocycles. The zero-order valence-electron chi connectivity index (χ0n) is 30.4. The van der Waals surface area contributed by atoms with Gasteiger partial charge in [-0.05, 0) is 81.0 Å². The number of nitrogens with one attached hydrogen (secondary N) is 3. The molecule has 1 aromatic carbocycles. The van der Waals surface area contributed by atoms with Crippen LogP contribution in [-0.4, -0.2) is 83.2 Å². The maximum atomic E-state index is 14.5. The first-order valence-corrected chi connectivity index (χ1v) is 20.0.